The first kappa shape index (κ1) is 19.0. The van der Waals surface area contributed by atoms with E-state index in [2.05, 4.69) is 31.9 Å². The maximum Gasteiger partial charge on any atom is 0.337 e. The van der Waals surface area contributed by atoms with Gasteiger partial charge in [0.15, 0.2) is 6.61 Å². The highest BCUT2D eigenvalue weighted by Crippen LogP contribution is 2.26. The SMILES string of the molecule is C#CC(CC)(CC)NC(=O)COc1ccc(C(=O)OC)cc1Br. The maximum absolute atomic E-state index is 12.0. The van der Waals surface area contributed by atoms with E-state index >= 15 is 0 Å². The summed E-state index contributed by atoms with van der Waals surface area (Å²) in [6, 6.07) is 4.73. The number of amides is 1. The Morgan fingerprint density at radius 3 is 2.48 bits per heavy atom. The Morgan fingerprint density at radius 1 is 1.35 bits per heavy atom. The van der Waals surface area contributed by atoms with Crippen molar-refractivity contribution in [3.05, 3.63) is 28.2 Å². The number of carbonyl (C=O) groups is 2. The van der Waals surface area contributed by atoms with Crippen LogP contribution in [0.4, 0.5) is 0 Å². The monoisotopic (exact) mass is 381 g/mol. The molecular formula is C17H20BrNO4. The van der Waals surface area contributed by atoms with Crippen molar-refractivity contribution in [2.45, 2.75) is 32.2 Å². The lowest BCUT2D eigenvalue weighted by Gasteiger charge is -2.27. The summed E-state index contributed by atoms with van der Waals surface area (Å²) >= 11 is 3.30. The number of rotatable bonds is 7. The van der Waals surface area contributed by atoms with Crippen LogP contribution in [0.25, 0.3) is 0 Å². The summed E-state index contributed by atoms with van der Waals surface area (Å²) in [6.07, 6.45) is 6.79. The predicted molar refractivity (Wildman–Crippen MR) is 91.3 cm³/mol. The molecule has 0 saturated carbocycles. The van der Waals surface area contributed by atoms with Gasteiger partial charge in [-0.05, 0) is 47.0 Å². The summed E-state index contributed by atoms with van der Waals surface area (Å²) < 4.78 is 10.7. The third-order valence-corrected chi connectivity index (χ3v) is 4.19. The summed E-state index contributed by atoms with van der Waals surface area (Å²) in [5.41, 5.74) is -0.258. The van der Waals surface area contributed by atoms with Crippen LogP contribution in [0, 0.1) is 12.3 Å². The van der Waals surface area contributed by atoms with Crippen molar-refractivity contribution in [1.82, 2.24) is 5.32 Å². The molecule has 0 bridgehead atoms. The molecular weight excluding hydrogens is 362 g/mol. The Balaban J connectivity index is 2.70. The molecule has 1 aromatic carbocycles. The van der Waals surface area contributed by atoms with Gasteiger partial charge in [-0.2, -0.15) is 0 Å². The topological polar surface area (TPSA) is 64.6 Å². The van der Waals surface area contributed by atoms with E-state index in [0.29, 0.717) is 28.6 Å². The maximum atomic E-state index is 12.0. The average Bonchev–Trinajstić information content (AvgIpc) is 2.58. The first-order valence-corrected chi connectivity index (χ1v) is 8.00. The van der Waals surface area contributed by atoms with Gasteiger partial charge in [0, 0.05) is 0 Å². The highest BCUT2D eigenvalue weighted by Gasteiger charge is 2.25. The van der Waals surface area contributed by atoms with Gasteiger partial charge in [0.2, 0.25) is 0 Å². The number of ether oxygens (including phenoxy) is 2. The summed E-state index contributed by atoms with van der Waals surface area (Å²) in [4.78, 5) is 23.5. The standard InChI is InChI=1S/C17H20BrNO4/c1-5-17(6-2,7-3)19-15(20)11-23-14-9-8-12(10-13(14)18)16(21)22-4/h1,8-10H,6-7,11H2,2-4H3,(H,19,20). The number of methoxy groups -OCH3 is 1. The van der Waals surface area contributed by atoms with Gasteiger partial charge in [-0.1, -0.05) is 19.8 Å². The van der Waals surface area contributed by atoms with Crippen molar-refractivity contribution in [1.29, 1.82) is 0 Å². The molecule has 0 atom stereocenters. The van der Waals surface area contributed by atoms with Crippen LogP contribution < -0.4 is 10.1 Å². The molecule has 0 aliphatic heterocycles. The van der Waals surface area contributed by atoms with Gasteiger partial charge in [0.25, 0.3) is 5.91 Å². The molecule has 0 aliphatic carbocycles. The van der Waals surface area contributed by atoms with Gasteiger partial charge in [-0.15, -0.1) is 6.42 Å². The average molecular weight is 382 g/mol. The number of halogens is 1. The van der Waals surface area contributed by atoms with Crippen LogP contribution in [0.1, 0.15) is 37.0 Å². The highest BCUT2D eigenvalue weighted by molar-refractivity contribution is 9.10. The van der Waals surface area contributed by atoms with E-state index in [9.17, 15) is 9.59 Å². The van der Waals surface area contributed by atoms with Gasteiger partial charge >= 0.3 is 5.97 Å². The molecule has 1 rings (SSSR count). The fraction of sp³-hybridized carbons (Fsp3) is 0.412. The molecule has 0 unspecified atom stereocenters. The molecule has 0 radical (unpaired) electrons. The molecule has 0 aromatic heterocycles. The Kier molecular flexibility index (Phi) is 7.11. The van der Waals surface area contributed by atoms with Crippen LogP contribution in [-0.2, 0) is 9.53 Å². The van der Waals surface area contributed by atoms with Crippen molar-refractivity contribution < 1.29 is 19.1 Å². The second-order valence-electron chi connectivity index (χ2n) is 4.91. The van der Waals surface area contributed by atoms with Crippen LogP contribution in [0.15, 0.2) is 22.7 Å². The van der Waals surface area contributed by atoms with Crippen LogP contribution in [0.3, 0.4) is 0 Å². The lowest BCUT2D eigenvalue weighted by Crippen LogP contribution is -2.48. The summed E-state index contributed by atoms with van der Waals surface area (Å²) in [5.74, 6) is 2.34. The van der Waals surface area contributed by atoms with Gasteiger partial charge < -0.3 is 14.8 Å². The van der Waals surface area contributed by atoms with Crippen molar-refractivity contribution in [2.24, 2.45) is 0 Å². The molecule has 0 fully saturated rings. The molecule has 124 valence electrons. The Bertz CT molecular complexity index is 618. The number of carbonyl (C=O) groups excluding carboxylic acids is 2. The quantitative estimate of drug-likeness (QED) is 0.582. The fourth-order valence-electron chi connectivity index (χ4n) is 1.98. The van der Waals surface area contributed by atoms with Crippen LogP contribution in [0.5, 0.6) is 5.75 Å². The van der Waals surface area contributed by atoms with E-state index in [0.717, 1.165) is 0 Å². The number of benzene rings is 1. The Hall–Kier alpha value is -2.00. The summed E-state index contributed by atoms with van der Waals surface area (Å²) in [7, 11) is 1.31. The minimum atomic E-state index is -0.646. The summed E-state index contributed by atoms with van der Waals surface area (Å²) in [6.45, 7) is 3.68. The number of esters is 1. The van der Waals surface area contributed by atoms with Crippen molar-refractivity contribution in [3.63, 3.8) is 0 Å². The number of hydrogen-bond donors (Lipinski definition) is 1. The number of hydrogen-bond acceptors (Lipinski definition) is 4. The second-order valence-corrected chi connectivity index (χ2v) is 5.76. The second kappa shape index (κ2) is 8.59. The zero-order valence-corrected chi connectivity index (χ0v) is 15.0. The molecule has 0 spiro atoms. The van der Waals surface area contributed by atoms with Crippen LogP contribution >= 0.6 is 15.9 Å². The molecule has 0 saturated heterocycles. The van der Waals surface area contributed by atoms with Crippen molar-refractivity contribution in [2.75, 3.05) is 13.7 Å². The third-order valence-electron chi connectivity index (χ3n) is 3.57. The van der Waals surface area contributed by atoms with Crippen molar-refractivity contribution >= 4 is 27.8 Å². The van der Waals surface area contributed by atoms with E-state index in [4.69, 9.17) is 11.2 Å². The van der Waals surface area contributed by atoms with E-state index in [1.54, 1.807) is 18.2 Å². The van der Waals surface area contributed by atoms with E-state index in [-0.39, 0.29) is 12.5 Å². The number of terminal acetylenes is 1. The number of nitrogens with one attached hydrogen (secondary N) is 1. The molecule has 23 heavy (non-hydrogen) atoms. The van der Waals surface area contributed by atoms with Crippen LogP contribution in [0.2, 0.25) is 0 Å². The van der Waals surface area contributed by atoms with Gasteiger partial charge in [-0.3, -0.25) is 4.79 Å². The first-order chi connectivity index (χ1) is 10.9. The smallest absolute Gasteiger partial charge is 0.337 e. The zero-order chi connectivity index (χ0) is 17.5. The fourth-order valence-corrected chi connectivity index (χ4v) is 2.47. The Labute approximate surface area is 144 Å². The molecule has 6 heteroatoms. The van der Waals surface area contributed by atoms with Gasteiger partial charge in [-0.25, -0.2) is 4.79 Å². The zero-order valence-electron chi connectivity index (χ0n) is 13.4. The van der Waals surface area contributed by atoms with E-state index in [1.165, 1.54) is 7.11 Å². The molecule has 1 aromatic rings. The predicted octanol–water partition coefficient (Wildman–Crippen LogP) is 2.92. The van der Waals surface area contributed by atoms with Gasteiger partial charge in [0.1, 0.15) is 11.3 Å². The molecule has 0 aliphatic rings. The lowest BCUT2D eigenvalue weighted by atomic mass is 9.94. The molecule has 5 nitrogen and oxygen atoms in total. The third kappa shape index (κ3) is 5.00. The van der Waals surface area contributed by atoms with Crippen molar-refractivity contribution in [3.8, 4) is 18.1 Å². The minimum absolute atomic E-state index is 0.167. The molecule has 0 heterocycles. The molecule has 1 amide bonds. The minimum Gasteiger partial charge on any atom is -0.483 e. The largest absolute Gasteiger partial charge is 0.483 e. The van der Waals surface area contributed by atoms with Gasteiger partial charge in [0.05, 0.1) is 17.1 Å². The van der Waals surface area contributed by atoms with Crippen LogP contribution in [-0.4, -0.2) is 31.1 Å². The lowest BCUT2D eigenvalue weighted by molar-refractivity contribution is -0.124. The summed E-state index contributed by atoms with van der Waals surface area (Å²) in [5, 5.41) is 2.82. The van der Waals surface area contributed by atoms with E-state index in [1.807, 2.05) is 13.8 Å². The normalized spacial score (nSPS) is 10.6. The first-order valence-electron chi connectivity index (χ1n) is 7.20. The molecule has 1 N–H and O–H groups in total. The Morgan fingerprint density at radius 2 is 2.00 bits per heavy atom. The van der Waals surface area contributed by atoms with E-state index < -0.39 is 11.5 Å². The highest BCUT2D eigenvalue weighted by atomic mass is 79.9.